The Morgan fingerprint density at radius 3 is 0.703 bits per heavy atom. The van der Waals surface area contributed by atoms with E-state index in [1.807, 2.05) is 0 Å². The molecule has 0 aromatic heterocycles. The van der Waals surface area contributed by atoms with E-state index in [-0.39, 0.29) is 0 Å². The summed E-state index contributed by atoms with van der Waals surface area (Å²) in [6.07, 6.45) is 12.3. The molecule has 0 aliphatic heterocycles. The molecule has 0 fully saturated rings. The first kappa shape index (κ1) is 37.5. The van der Waals surface area contributed by atoms with Gasteiger partial charge in [0.05, 0.1) is 0 Å². The topological polar surface area (TPSA) is 0 Å². The predicted molar refractivity (Wildman–Crippen MR) is 170 cm³/mol. The van der Waals surface area contributed by atoms with E-state index >= 15 is 0 Å². The van der Waals surface area contributed by atoms with Gasteiger partial charge in [-0.2, -0.15) is 0 Å². The molecule has 0 aliphatic rings. The quantitative estimate of drug-likeness (QED) is 0.187. The third-order valence-corrected chi connectivity index (χ3v) is 17.7. The van der Waals surface area contributed by atoms with Crippen LogP contribution in [0.15, 0.2) is 0 Å². The summed E-state index contributed by atoms with van der Waals surface area (Å²) in [5.74, 6) is 2.19. The summed E-state index contributed by atoms with van der Waals surface area (Å²) < 4.78 is 1.22. The van der Waals surface area contributed by atoms with E-state index in [0.29, 0.717) is 29.1 Å². The second kappa shape index (κ2) is 13.9. The minimum absolute atomic E-state index is 0.292. The van der Waals surface area contributed by atoms with Crippen molar-refractivity contribution in [2.75, 3.05) is 0 Å². The molecule has 225 valence electrons. The molecule has 0 radical (unpaired) electrons. The molecule has 0 N–H and O–H groups in total. The molecular formula is C36H75Cr. The first-order chi connectivity index (χ1) is 16.5. The maximum absolute atomic E-state index is 2.66. The molecule has 0 saturated heterocycles. The summed E-state index contributed by atoms with van der Waals surface area (Å²) in [4.78, 5) is 0. The molecule has 0 amide bonds. The van der Waals surface area contributed by atoms with Gasteiger partial charge in [-0.3, -0.25) is 0 Å². The van der Waals surface area contributed by atoms with Gasteiger partial charge in [-0.15, -0.1) is 0 Å². The molecule has 0 heterocycles. The van der Waals surface area contributed by atoms with Crippen molar-refractivity contribution in [3.05, 3.63) is 0 Å². The Balaban J connectivity index is 8.55. The number of hydrogen-bond donors (Lipinski definition) is 0. The van der Waals surface area contributed by atoms with Gasteiger partial charge in [0.2, 0.25) is 0 Å². The average Bonchev–Trinajstić information content (AvgIpc) is 2.64. The summed E-state index contributed by atoms with van der Waals surface area (Å²) in [5.41, 5.74) is 0.876. The summed E-state index contributed by atoms with van der Waals surface area (Å²) in [7, 11) is 0. The van der Waals surface area contributed by atoms with Gasteiger partial charge >= 0.3 is 243 Å². The SMILES string of the molecule is CCC[C](CC(C)C)([Cr]([C](CCC)(CC(C)C)C(C)(C)C)[C](CCC)(CC(C)C)C(C)(C)C)C(C)(C)C. The first-order valence-corrected chi connectivity index (χ1v) is 18.2. The Morgan fingerprint density at radius 2 is 0.595 bits per heavy atom. The zero-order valence-electron chi connectivity index (χ0n) is 29.5. The Labute approximate surface area is 242 Å². The first-order valence-electron chi connectivity index (χ1n) is 16.3. The van der Waals surface area contributed by atoms with Crippen molar-refractivity contribution >= 4 is 0 Å². The Kier molecular flexibility index (Phi) is 14.1. The van der Waals surface area contributed by atoms with E-state index in [0.717, 1.165) is 17.8 Å². The number of hydrogen-bond acceptors (Lipinski definition) is 0. The molecule has 0 aromatic rings. The fourth-order valence-electron chi connectivity index (χ4n) is 8.14. The fourth-order valence-corrected chi connectivity index (χ4v) is 18.8. The van der Waals surface area contributed by atoms with Crippen LogP contribution in [0.25, 0.3) is 0 Å². The van der Waals surface area contributed by atoms with Crippen LogP contribution in [0.1, 0.15) is 182 Å². The van der Waals surface area contributed by atoms with E-state index < -0.39 is 14.1 Å². The van der Waals surface area contributed by atoms with Crippen LogP contribution < -0.4 is 0 Å². The van der Waals surface area contributed by atoms with Crippen LogP contribution in [-0.4, -0.2) is 0 Å². The molecule has 0 saturated carbocycles. The van der Waals surface area contributed by atoms with Gasteiger partial charge < -0.3 is 0 Å². The van der Waals surface area contributed by atoms with Gasteiger partial charge in [0.1, 0.15) is 0 Å². The number of rotatable bonds is 15. The molecule has 0 aromatic carbocycles. The van der Waals surface area contributed by atoms with Gasteiger partial charge in [0.25, 0.3) is 0 Å². The molecule has 37 heavy (non-hydrogen) atoms. The van der Waals surface area contributed by atoms with Crippen LogP contribution in [-0.2, 0) is 14.1 Å². The van der Waals surface area contributed by atoms with Gasteiger partial charge in [0, 0.05) is 0 Å². The predicted octanol–water partition coefficient (Wildman–Crippen LogP) is 13.8. The zero-order chi connectivity index (χ0) is 29.7. The van der Waals surface area contributed by atoms with Crippen LogP contribution in [0.2, 0.25) is 12.8 Å². The molecular weight excluding hydrogens is 484 g/mol. The minimum atomic E-state index is -1.36. The normalized spacial score (nSPS) is 19.0. The van der Waals surface area contributed by atoms with Gasteiger partial charge in [-0.05, 0) is 0 Å². The van der Waals surface area contributed by atoms with E-state index in [2.05, 4.69) is 125 Å². The summed E-state index contributed by atoms with van der Waals surface area (Å²) in [6, 6.07) is 0. The van der Waals surface area contributed by atoms with E-state index in [1.165, 1.54) is 57.8 Å². The van der Waals surface area contributed by atoms with Gasteiger partial charge in [0.15, 0.2) is 0 Å². The standard InChI is InChI=1S/3C12H25.Cr/c3*1-7-8-11(9-10(2)3)12(4,5)6;/h3*10H,7-9H2,1-6H3;. The van der Waals surface area contributed by atoms with Crippen LogP contribution >= 0.6 is 0 Å². The molecule has 0 nitrogen and oxygen atoms in total. The molecule has 3 unspecified atom stereocenters. The van der Waals surface area contributed by atoms with Gasteiger partial charge in [-0.25, -0.2) is 0 Å². The van der Waals surface area contributed by atoms with Crippen LogP contribution in [0, 0.1) is 34.0 Å². The molecule has 3 atom stereocenters. The molecule has 0 spiro atoms. The van der Waals surface area contributed by atoms with E-state index in [1.54, 1.807) is 0 Å². The molecule has 0 aliphatic carbocycles. The Hall–Kier alpha value is 0.532. The summed E-state index contributed by atoms with van der Waals surface area (Å²) >= 11 is -1.36. The van der Waals surface area contributed by atoms with Crippen molar-refractivity contribution in [3.63, 3.8) is 0 Å². The van der Waals surface area contributed by atoms with Crippen LogP contribution in [0.4, 0.5) is 0 Å². The monoisotopic (exact) mass is 560 g/mol. The van der Waals surface area contributed by atoms with Crippen LogP contribution in [0.5, 0.6) is 0 Å². The van der Waals surface area contributed by atoms with Crippen molar-refractivity contribution in [1.29, 1.82) is 0 Å². The van der Waals surface area contributed by atoms with Crippen molar-refractivity contribution in [2.45, 2.75) is 195 Å². The fraction of sp³-hybridized carbons (Fsp3) is 1.00. The van der Waals surface area contributed by atoms with Crippen LogP contribution in [0.3, 0.4) is 0 Å². The second-order valence-electron chi connectivity index (χ2n) is 17.1. The van der Waals surface area contributed by atoms with Gasteiger partial charge in [-0.1, -0.05) is 0 Å². The molecule has 1 heteroatoms. The maximum atomic E-state index is 2.66. The van der Waals surface area contributed by atoms with E-state index in [9.17, 15) is 0 Å². The van der Waals surface area contributed by atoms with Crippen molar-refractivity contribution in [3.8, 4) is 0 Å². The van der Waals surface area contributed by atoms with Crippen molar-refractivity contribution in [1.82, 2.24) is 0 Å². The van der Waals surface area contributed by atoms with Crippen molar-refractivity contribution in [2.24, 2.45) is 34.0 Å². The third kappa shape index (κ3) is 8.28. The zero-order valence-corrected chi connectivity index (χ0v) is 30.8. The third-order valence-electron chi connectivity index (χ3n) is 9.45. The molecule has 0 rings (SSSR count). The molecule has 0 bridgehead atoms. The second-order valence-corrected chi connectivity index (χ2v) is 21.7. The Bertz CT molecular complexity index is 547. The average molecular weight is 560 g/mol. The Morgan fingerprint density at radius 1 is 0.405 bits per heavy atom. The summed E-state index contributed by atoms with van der Waals surface area (Å²) in [5, 5.41) is 0. The van der Waals surface area contributed by atoms with Crippen molar-refractivity contribution < 1.29 is 14.1 Å². The van der Waals surface area contributed by atoms with E-state index in [4.69, 9.17) is 0 Å². The summed E-state index contributed by atoms with van der Waals surface area (Å²) in [6.45, 7) is 46.6.